The Bertz CT molecular complexity index is 613. The molecule has 0 aromatic carbocycles. The monoisotopic (exact) mass is 308 g/mol. The quantitative estimate of drug-likeness (QED) is 0.909. The normalized spacial score (nSPS) is 11.4. The molecule has 0 unspecified atom stereocenters. The number of aryl methyl sites for hydroxylation is 1. The first-order valence-electron chi connectivity index (χ1n) is 6.78. The molecule has 2 aromatic rings. The summed E-state index contributed by atoms with van der Waals surface area (Å²) in [7, 11) is 0. The third-order valence-electron chi connectivity index (χ3n) is 2.78. The number of hydrogen-bond acceptors (Lipinski definition) is 5. The molecule has 2 N–H and O–H groups in total. The fourth-order valence-electron chi connectivity index (χ4n) is 1.65. The summed E-state index contributed by atoms with van der Waals surface area (Å²) >= 11 is 1.64. The lowest BCUT2D eigenvalue weighted by Gasteiger charge is -2.12. The van der Waals surface area contributed by atoms with Gasteiger partial charge in [0.05, 0.1) is 5.01 Å². The van der Waals surface area contributed by atoms with Crippen LogP contribution >= 0.6 is 11.3 Å². The van der Waals surface area contributed by atoms with Gasteiger partial charge in [0.25, 0.3) is 0 Å². The molecule has 0 aliphatic carbocycles. The molecule has 0 radical (unpaired) electrons. The second-order valence-electron chi connectivity index (χ2n) is 5.82. The number of carbonyl (C=O) groups excluding carboxylic acids is 1. The first-order chi connectivity index (χ1) is 9.84. The molecular formula is C14H20N4O2S. The van der Waals surface area contributed by atoms with Crippen molar-refractivity contribution in [3.63, 3.8) is 0 Å². The fourth-order valence-corrected chi connectivity index (χ4v) is 2.43. The Balaban J connectivity index is 1.78. The molecule has 0 spiro atoms. The molecule has 0 atom stereocenters. The van der Waals surface area contributed by atoms with Crippen molar-refractivity contribution in [2.75, 3.05) is 11.9 Å². The summed E-state index contributed by atoms with van der Waals surface area (Å²) in [6.45, 7) is 8.61. The lowest BCUT2D eigenvalue weighted by Crippen LogP contribution is -2.30. The van der Waals surface area contributed by atoms with Gasteiger partial charge in [-0.05, 0) is 6.92 Å². The van der Waals surface area contributed by atoms with Crippen LogP contribution in [0.2, 0.25) is 0 Å². The Morgan fingerprint density at radius 2 is 2.19 bits per heavy atom. The molecule has 0 saturated carbocycles. The van der Waals surface area contributed by atoms with Crippen molar-refractivity contribution in [1.82, 2.24) is 15.5 Å². The van der Waals surface area contributed by atoms with Crippen molar-refractivity contribution in [3.05, 3.63) is 27.9 Å². The fraction of sp³-hybridized carbons (Fsp3) is 0.500. The molecule has 2 rings (SSSR count). The number of urea groups is 1. The van der Waals surface area contributed by atoms with Crippen LogP contribution in [0.15, 0.2) is 16.8 Å². The van der Waals surface area contributed by atoms with Gasteiger partial charge in [-0.25, -0.2) is 9.78 Å². The molecule has 0 aliphatic heterocycles. The maximum Gasteiger partial charge on any atom is 0.320 e. The van der Waals surface area contributed by atoms with E-state index in [9.17, 15) is 4.79 Å². The average Bonchev–Trinajstić information content (AvgIpc) is 2.98. The third-order valence-corrected chi connectivity index (χ3v) is 3.76. The third kappa shape index (κ3) is 4.56. The maximum atomic E-state index is 11.7. The smallest absolute Gasteiger partial charge is 0.320 e. The highest BCUT2D eigenvalue weighted by Crippen LogP contribution is 2.24. The number of anilines is 1. The number of hydrogen-bond donors (Lipinski definition) is 2. The molecule has 2 heterocycles. The summed E-state index contributed by atoms with van der Waals surface area (Å²) in [6.07, 6.45) is 2.56. The zero-order valence-electron chi connectivity index (χ0n) is 12.7. The Kier molecular flexibility index (Phi) is 4.62. The number of amides is 2. The molecule has 0 fully saturated rings. The minimum atomic E-state index is -0.294. The van der Waals surface area contributed by atoms with Gasteiger partial charge in [-0.2, -0.15) is 0 Å². The predicted octanol–water partition coefficient (Wildman–Crippen LogP) is 3.10. The van der Waals surface area contributed by atoms with E-state index in [4.69, 9.17) is 4.52 Å². The minimum Gasteiger partial charge on any atom is -0.359 e. The van der Waals surface area contributed by atoms with Gasteiger partial charge in [-0.3, -0.25) is 5.32 Å². The van der Waals surface area contributed by atoms with Crippen molar-refractivity contribution in [2.45, 2.75) is 39.5 Å². The van der Waals surface area contributed by atoms with Crippen molar-refractivity contribution < 1.29 is 9.32 Å². The zero-order valence-corrected chi connectivity index (χ0v) is 13.5. The summed E-state index contributed by atoms with van der Waals surface area (Å²) in [6, 6.07) is 1.45. The van der Waals surface area contributed by atoms with Gasteiger partial charge >= 0.3 is 6.03 Å². The topological polar surface area (TPSA) is 80.0 Å². The molecule has 0 saturated heterocycles. The number of rotatable bonds is 4. The molecular weight excluding hydrogens is 288 g/mol. The van der Waals surface area contributed by atoms with Crippen LogP contribution < -0.4 is 10.6 Å². The van der Waals surface area contributed by atoms with E-state index in [0.717, 1.165) is 17.2 Å². The molecule has 0 bridgehead atoms. The predicted molar refractivity (Wildman–Crippen MR) is 82.8 cm³/mol. The second-order valence-corrected chi connectivity index (χ2v) is 7.14. The standard InChI is InChI=1S/C14H20N4O2S/c1-9-8-16-12(21-9)5-6-15-13(19)17-11-7-10(20-18-11)14(2,3)4/h7-8H,5-6H2,1-4H3,(H2,15,17,18,19). The first-order valence-corrected chi connectivity index (χ1v) is 7.59. The average molecular weight is 308 g/mol. The van der Waals surface area contributed by atoms with Crippen LogP contribution in [0, 0.1) is 6.92 Å². The van der Waals surface area contributed by atoms with E-state index in [-0.39, 0.29) is 11.4 Å². The van der Waals surface area contributed by atoms with Crippen LogP contribution in [-0.2, 0) is 11.8 Å². The molecule has 2 amide bonds. The summed E-state index contributed by atoms with van der Waals surface area (Å²) in [5.41, 5.74) is -0.133. The van der Waals surface area contributed by atoms with E-state index >= 15 is 0 Å². The number of carbonyl (C=O) groups is 1. The van der Waals surface area contributed by atoms with Gasteiger partial charge in [0, 0.05) is 35.5 Å². The summed E-state index contributed by atoms with van der Waals surface area (Å²) in [5, 5.41) is 10.3. The van der Waals surface area contributed by atoms with Crippen LogP contribution in [-0.4, -0.2) is 22.7 Å². The Hall–Kier alpha value is -1.89. The van der Waals surface area contributed by atoms with Crippen molar-refractivity contribution in [3.8, 4) is 0 Å². The Morgan fingerprint density at radius 3 is 2.76 bits per heavy atom. The SMILES string of the molecule is Cc1cnc(CCNC(=O)Nc2cc(C(C)(C)C)on2)s1. The van der Waals surface area contributed by atoms with Gasteiger partial charge < -0.3 is 9.84 Å². The number of thiazole rings is 1. The van der Waals surface area contributed by atoms with Crippen LogP contribution in [0.5, 0.6) is 0 Å². The molecule has 0 aliphatic rings. The van der Waals surface area contributed by atoms with Crippen LogP contribution in [0.1, 0.15) is 36.4 Å². The van der Waals surface area contributed by atoms with E-state index in [1.54, 1.807) is 17.4 Å². The number of nitrogens with zero attached hydrogens (tertiary/aromatic N) is 2. The lowest BCUT2D eigenvalue weighted by molar-refractivity contribution is 0.252. The number of aromatic nitrogens is 2. The molecule has 6 nitrogen and oxygen atoms in total. The van der Waals surface area contributed by atoms with Gasteiger partial charge in [0.2, 0.25) is 0 Å². The summed E-state index contributed by atoms with van der Waals surface area (Å²) < 4.78 is 5.21. The lowest BCUT2D eigenvalue weighted by atomic mass is 9.93. The Labute approximate surface area is 127 Å². The first kappa shape index (κ1) is 15.5. The summed E-state index contributed by atoms with van der Waals surface area (Å²) in [4.78, 5) is 17.2. The maximum absolute atomic E-state index is 11.7. The van der Waals surface area contributed by atoms with Crippen molar-refractivity contribution in [2.24, 2.45) is 0 Å². The highest BCUT2D eigenvalue weighted by atomic mass is 32.1. The van der Waals surface area contributed by atoms with Crippen molar-refractivity contribution >= 4 is 23.2 Å². The van der Waals surface area contributed by atoms with Gasteiger partial charge in [0.15, 0.2) is 5.82 Å². The van der Waals surface area contributed by atoms with E-state index in [0.29, 0.717) is 12.4 Å². The highest BCUT2D eigenvalue weighted by molar-refractivity contribution is 7.11. The Morgan fingerprint density at radius 1 is 1.43 bits per heavy atom. The van der Waals surface area contributed by atoms with E-state index < -0.39 is 0 Å². The highest BCUT2D eigenvalue weighted by Gasteiger charge is 2.20. The molecule has 7 heteroatoms. The minimum absolute atomic E-state index is 0.133. The largest absolute Gasteiger partial charge is 0.359 e. The second kappa shape index (κ2) is 6.26. The van der Waals surface area contributed by atoms with Gasteiger partial charge in [-0.15, -0.1) is 11.3 Å². The van der Waals surface area contributed by atoms with Crippen LogP contribution in [0.25, 0.3) is 0 Å². The molecule has 114 valence electrons. The van der Waals surface area contributed by atoms with Gasteiger partial charge in [0.1, 0.15) is 5.76 Å². The summed E-state index contributed by atoms with van der Waals surface area (Å²) in [5.74, 6) is 1.15. The number of nitrogens with one attached hydrogen (secondary N) is 2. The van der Waals surface area contributed by atoms with E-state index in [1.807, 2.05) is 33.9 Å². The van der Waals surface area contributed by atoms with Crippen molar-refractivity contribution in [1.29, 1.82) is 0 Å². The van der Waals surface area contributed by atoms with Crippen LogP contribution in [0.3, 0.4) is 0 Å². The van der Waals surface area contributed by atoms with Gasteiger partial charge in [-0.1, -0.05) is 25.9 Å². The zero-order chi connectivity index (χ0) is 15.5. The molecule has 2 aromatic heterocycles. The molecule has 21 heavy (non-hydrogen) atoms. The van der Waals surface area contributed by atoms with E-state index in [2.05, 4.69) is 20.8 Å². The van der Waals surface area contributed by atoms with Crippen LogP contribution in [0.4, 0.5) is 10.6 Å². The van der Waals surface area contributed by atoms with E-state index in [1.165, 1.54) is 4.88 Å².